The van der Waals surface area contributed by atoms with Gasteiger partial charge in [0.15, 0.2) is 11.6 Å². The molecule has 4 aliphatic heterocycles. The standard InChI is InChI=1S/C51H62F4N10O6/c1-26(2)43(60-50(68)71-6)48(66)63-24-30(52)20-41(63)46-56-35-12-10-28(18-37(35)58-46)39-14-15-40(65(39)32-22-33(54)45(34(55)23-32)62-16-8-7-9-17-62)29-11-13-36-38(19-29)59-47(57-36)42-21-31(53)25-64(42)49(67)44(27(3)4)61(5)51(69)70/h10-13,18-19,22-23,26-27,30-31,39-44H,7-9,14-17,20-21,24-25H2,1-6H3,(H,56,58)(H,57,59)(H,60,68)(H,69,70)/t30-,31-,39+,40+,41-,42-,43-,44-/m0/s1. The van der Waals surface area contributed by atoms with E-state index < -0.39 is 84.2 Å². The maximum atomic E-state index is 16.4. The van der Waals surface area contributed by atoms with Gasteiger partial charge in [-0.3, -0.25) is 14.5 Å². The van der Waals surface area contributed by atoms with E-state index in [1.54, 1.807) is 32.6 Å². The van der Waals surface area contributed by atoms with Gasteiger partial charge in [-0.1, -0.05) is 39.8 Å². The number of benzene rings is 3. The summed E-state index contributed by atoms with van der Waals surface area (Å²) in [6.45, 7) is 7.77. The third-order valence-corrected chi connectivity index (χ3v) is 14.9. The molecule has 0 unspecified atom stereocenters. The number of carbonyl (C=O) groups is 4. The van der Waals surface area contributed by atoms with Crippen molar-refractivity contribution in [3.63, 3.8) is 0 Å². The summed E-state index contributed by atoms with van der Waals surface area (Å²) in [6.07, 6.45) is -0.899. The maximum Gasteiger partial charge on any atom is 0.407 e. The van der Waals surface area contributed by atoms with Crippen LogP contribution in [0.5, 0.6) is 0 Å². The average molecular weight is 987 g/mol. The van der Waals surface area contributed by atoms with Crippen molar-refractivity contribution in [1.82, 2.24) is 40.0 Å². The first kappa shape index (κ1) is 49.4. The number of carbonyl (C=O) groups excluding carboxylic acids is 3. The molecule has 4 amide bonds. The zero-order valence-corrected chi connectivity index (χ0v) is 40.8. The third-order valence-electron chi connectivity index (χ3n) is 14.9. The number of rotatable bonds is 12. The highest BCUT2D eigenvalue weighted by atomic mass is 19.1. The second-order valence-corrected chi connectivity index (χ2v) is 20.2. The number of H-pyrrole nitrogens is 2. The van der Waals surface area contributed by atoms with Gasteiger partial charge in [-0.05, 0) is 91.5 Å². The van der Waals surface area contributed by atoms with Gasteiger partial charge in [0.05, 0.1) is 66.4 Å². The molecule has 0 saturated carbocycles. The van der Waals surface area contributed by atoms with Gasteiger partial charge in [-0.15, -0.1) is 0 Å². The number of anilines is 2. The number of aromatic amines is 2. The number of likely N-dealkylation sites (N-methyl/N-ethyl adjacent to an activating group) is 1. The van der Waals surface area contributed by atoms with Gasteiger partial charge in [-0.2, -0.15) is 0 Å². The number of hydrogen-bond donors (Lipinski definition) is 4. The topological polar surface area (TPSA) is 183 Å². The van der Waals surface area contributed by atoms with E-state index in [0.717, 1.165) is 35.3 Å². The van der Waals surface area contributed by atoms with Crippen molar-refractivity contribution in [2.75, 3.05) is 50.1 Å². The van der Waals surface area contributed by atoms with Crippen LogP contribution in [-0.2, 0) is 14.3 Å². The molecule has 71 heavy (non-hydrogen) atoms. The molecule has 3 aromatic carbocycles. The Balaban J connectivity index is 1.05. The minimum absolute atomic E-state index is 0.00264. The van der Waals surface area contributed by atoms with Crippen LogP contribution in [0.3, 0.4) is 0 Å². The zero-order valence-electron chi connectivity index (χ0n) is 40.8. The number of likely N-dealkylation sites (tertiary alicyclic amines) is 2. The lowest BCUT2D eigenvalue weighted by atomic mass is 10.0. The lowest BCUT2D eigenvalue weighted by Crippen LogP contribution is -2.51. The van der Waals surface area contributed by atoms with Crippen molar-refractivity contribution in [3.8, 4) is 0 Å². The van der Waals surface area contributed by atoms with E-state index in [4.69, 9.17) is 14.7 Å². The van der Waals surface area contributed by atoms with E-state index in [-0.39, 0.29) is 43.5 Å². The summed E-state index contributed by atoms with van der Waals surface area (Å²) in [7, 11) is 2.53. The second-order valence-electron chi connectivity index (χ2n) is 20.2. The summed E-state index contributed by atoms with van der Waals surface area (Å²) in [5, 5.41) is 12.3. The number of amides is 4. The number of alkyl carbamates (subject to hydrolysis) is 1. The largest absolute Gasteiger partial charge is 0.465 e. The molecule has 6 heterocycles. The van der Waals surface area contributed by atoms with Gasteiger partial charge in [0.1, 0.15) is 41.8 Å². The summed E-state index contributed by atoms with van der Waals surface area (Å²) >= 11 is 0. The minimum Gasteiger partial charge on any atom is -0.465 e. The van der Waals surface area contributed by atoms with Gasteiger partial charge in [0.25, 0.3) is 0 Å². The lowest BCUT2D eigenvalue weighted by Gasteiger charge is -2.35. The number of carboxylic acid groups (broad SMARTS) is 1. The normalized spacial score (nSPS) is 23.6. The Kier molecular flexibility index (Phi) is 13.8. The molecule has 20 heteroatoms. The van der Waals surface area contributed by atoms with Crippen molar-refractivity contribution >= 4 is 57.4 Å². The molecule has 9 rings (SSSR count). The van der Waals surface area contributed by atoms with Crippen molar-refractivity contribution in [1.29, 1.82) is 0 Å². The molecule has 0 radical (unpaired) electrons. The van der Waals surface area contributed by atoms with Crippen LogP contribution in [-0.4, -0.2) is 129 Å². The molecule has 5 aromatic rings. The molecular formula is C51H62F4N10O6. The van der Waals surface area contributed by atoms with Crippen LogP contribution in [0.15, 0.2) is 48.5 Å². The molecule has 4 aliphatic rings. The number of alkyl halides is 2. The van der Waals surface area contributed by atoms with Crippen LogP contribution in [0.1, 0.15) is 120 Å². The van der Waals surface area contributed by atoms with Gasteiger partial charge < -0.3 is 44.7 Å². The number of methoxy groups -OCH3 is 1. The maximum absolute atomic E-state index is 16.4. The first-order valence-corrected chi connectivity index (χ1v) is 24.6. The van der Waals surface area contributed by atoms with Crippen LogP contribution in [0, 0.1) is 23.5 Å². The Bertz CT molecular complexity index is 2790. The lowest BCUT2D eigenvalue weighted by molar-refractivity contribution is -0.139. The highest BCUT2D eigenvalue weighted by molar-refractivity contribution is 5.87. The van der Waals surface area contributed by atoms with Crippen molar-refractivity contribution in [2.45, 2.75) is 121 Å². The molecule has 0 spiro atoms. The first-order chi connectivity index (χ1) is 33.9. The number of nitrogens with zero attached hydrogens (tertiary/aromatic N) is 7. The predicted octanol–water partition coefficient (Wildman–Crippen LogP) is 9.03. The smallest absolute Gasteiger partial charge is 0.407 e. The van der Waals surface area contributed by atoms with E-state index in [9.17, 15) is 24.3 Å². The van der Waals surface area contributed by atoms with E-state index >= 15 is 17.6 Å². The van der Waals surface area contributed by atoms with Crippen molar-refractivity contribution in [3.05, 3.63) is 82.9 Å². The fourth-order valence-electron chi connectivity index (χ4n) is 11.4. The van der Waals surface area contributed by atoms with Crippen LogP contribution < -0.4 is 15.1 Å². The number of nitrogens with one attached hydrogen (secondary N) is 3. The van der Waals surface area contributed by atoms with Crippen molar-refractivity contribution in [2.24, 2.45) is 11.8 Å². The number of hydrogen-bond acceptors (Lipinski definition) is 9. The van der Waals surface area contributed by atoms with E-state index in [1.165, 1.54) is 36.1 Å². The number of piperidine rings is 1. The highest BCUT2D eigenvalue weighted by Crippen LogP contribution is 2.49. The summed E-state index contributed by atoms with van der Waals surface area (Å²) in [5.41, 5.74) is 4.32. The quantitative estimate of drug-likeness (QED) is 0.0881. The Morgan fingerprint density at radius 1 is 0.746 bits per heavy atom. The van der Waals surface area contributed by atoms with Gasteiger partial charge in [0.2, 0.25) is 11.8 Å². The molecule has 4 N–H and O–H groups in total. The van der Waals surface area contributed by atoms with Crippen molar-refractivity contribution < 1.29 is 46.6 Å². The van der Waals surface area contributed by atoms with Crippen LogP contribution >= 0.6 is 0 Å². The Labute approximate surface area is 409 Å². The molecule has 4 fully saturated rings. The predicted molar refractivity (Wildman–Crippen MR) is 258 cm³/mol. The van der Waals surface area contributed by atoms with Gasteiger partial charge in [-0.25, -0.2) is 37.1 Å². The monoisotopic (exact) mass is 986 g/mol. The molecular weight excluding hydrogens is 925 g/mol. The fraction of sp³-hybridized carbons (Fsp3) is 0.529. The zero-order chi connectivity index (χ0) is 50.6. The summed E-state index contributed by atoms with van der Waals surface area (Å²) in [5.74, 6) is -2.23. The van der Waals surface area contributed by atoms with E-state index in [0.29, 0.717) is 65.3 Å². The molecule has 2 aromatic heterocycles. The van der Waals surface area contributed by atoms with Crippen LogP contribution in [0.2, 0.25) is 0 Å². The van der Waals surface area contributed by atoms with Crippen LogP contribution in [0.25, 0.3) is 22.1 Å². The van der Waals surface area contributed by atoms with E-state index in [2.05, 4.69) is 15.3 Å². The summed E-state index contributed by atoms with van der Waals surface area (Å²) < 4.78 is 68.0. The Morgan fingerprint density at radius 2 is 1.25 bits per heavy atom. The van der Waals surface area contributed by atoms with Crippen LogP contribution in [0.4, 0.5) is 38.5 Å². The average Bonchev–Trinajstić information content (AvgIpc) is 4.19. The van der Waals surface area contributed by atoms with Gasteiger partial charge in [0, 0.05) is 38.7 Å². The Hall–Kier alpha value is -6.60. The number of fused-ring (bicyclic) bond motifs is 2. The van der Waals surface area contributed by atoms with Gasteiger partial charge >= 0.3 is 12.2 Å². The fourth-order valence-corrected chi connectivity index (χ4v) is 11.4. The highest BCUT2D eigenvalue weighted by Gasteiger charge is 2.45. The van der Waals surface area contributed by atoms with E-state index in [1.807, 2.05) is 41.3 Å². The first-order valence-electron chi connectivity index (χ1n) is 24.6. The number of aromatic nitrogens is 4. The molecule has 16 nitrogen and oxygen atoms in total. The molecule has 8 atom stereocenters. The summed E-state index contributed by atoms with van der Waals surface area (Å²) in [6, 6.07) is 9.86. The molecule has 4 saturated heterocycles. The second kappa shape index (κ2) is 19.9. The third kappa shape index (κ3) is 9.53. The molecule has 380 valence electrons. The number of imidazole rings is 2. The minimum atomic E-state index is -1.35. The number of ether oxygens (including phenoxy) is 1. The summed E-state index contributed by atoms with van der Waals surface area (Å²) in [4.78, 5) is 75.8. The molecule has 0 aliphatic carbocycles. The molecule has 0 bridgehead atoms. The Morgan fingerprint density at radius 3 is 1.72 bits per heavy atom. The number of halogens is 4. The SMILES string of the molecule is COC(=O)N[C@H](C(=O)N1C[C@@H](F)C[C@H]1c1nc2ccc([C@H]3CC[C@H](c4ccc5nc([C@@H]6C[C@H](F)CN6C(=O)[C@H](C(C)C)N(C)C(=O)O)[nH]c5c4)N3c3cc(F)c(N4CCCCC4)c(F)c3)cc2[nH]1)C(C)C.